The van der Waals surface area contributed by atoms with Crippen molar-refractivity contribution in [2.45, 2.75) is 6.61 Å². The second kappa shape index (κ2) is 4.62. The Balaban J connectivity index is 2.78. The van der Waals surface area contributed by atoms with Gasteiger partial charge in [-0.05, 0) is 17.7 Å². The molecule has 0 radical (unpaired) electrons. The van der Waals surface area contributed by atoms with Crippen LogP contribution in [0.4, 0.5) is 4.39 Å². The predicted molar refractivity (Wildman–Crippen MR) is 48.0 cm³/mol. The highest BCUT2D eigenvalue weighted by Gasteiger charge is 2.02. The van der Waals surface area contributed by atoms with Crippen LogP contribution in [0.3, 0.4) is 0 Å². The van der Waals surface area contributed by atoms with Gasteiger partial charge in [-0.2, -0.15) is 0 Å². The van der Waals surface area contributed by atoms with E-state index in [-0.39, 0.29) is 19.0 Å². The average molecular weight is 182 g/mol. The minimum Gasteiger partial charge on any atom is -0.486 e. The molecule has 2 nitrogen and oxygen atoms in total. The van der Waals surface area contributed by atoms with Crippen molar-refractivity contribution < 1.29 is 14.2 Å². The molecule has 1 N–H and O–H groups in total. The van der Waals surface area contributed by atoms with Gasteiger partial charge in [0.2, 0.25) is 0 Å². The molecule has 0 fully saturated rings. The predicted octanol–water partition coefficient (Wildman–Crippen LogP) is 1.88. The van der Waals surface area contributed by atoms with Crippen molar-refractivity contribution in [1.29, 1.82) is 0 Å². The monoisotopic (exact) mass is 182 g/mol. The van der Waals surface area contributed by atoms with Gasteiger partial charge in [-0.25, -0.2) is 4.39 Å². The fraction of sp³-hybridized carbons (Fsp3) is 0.200. The molecule has 0 amide bonds. The molecule has 0 atom stereocenters. The molecule has 1 aromatic rings. The van der Waals surface area contributed by atoms with Crippen molar-refractivity contribution in [3.63, 3.8) is 0 Å². The number of ether oxygens (including phenoxy) is 1. The Morgan fingerprint density at radius 1 is 1.54 bits per heavy atom. The first-order chi connectivity index (χ1) is 6.27. The van der Waals surface area contributed by atoms with E-state index in [9.17, 15) is 4.39 Å². The minimum atomic E-state index is -0.464. The summed E-state index contributed by atoms with van der Waals surface area (Å²) in [5.41, 5.74) is 0.531. The number of hydrogen-bond donors (Lipinski definition) is 1. The van der Waals surface area contributed by atoms with E-state index >= 15 is 0 Å². The first-order valence-corrected chi connectivity index (χ1v) is 3.91. The highest BCUT2D eigenvalue weighted by molar-refractivity contribution is 5.29. The smallest absolute Gasteiger partial charge is 0.165 e. The molecular formula is C10H11FO2. The van der Waals surface area contributed by atoms with Crippen molar-refractivity contribution in [2.75, 3.05) is 6.61 Å². The van der Waals surface area contributed by atoms with E-state index in [1.165, 1.54) is 12.1 Å². The van der Waals surface area contributed by atoms with Gasteiger partial charge in [0.1, 0.15) is 6.61 Å². The lowest BCUT2D eigenvalue weighted by molar-refractivity contribution is 0.280. The number of aliphatic hydroxyl groups excluding tert-OH is 1. The summed E-state index contributed by atoms with van der Waals surface area (Å²) in [6, 6.07) is 4.35. The summed E-state index contributed by atoms with van der Waals surface area (Å²) in [4.78, 5) is 0. The Bertz CT molecular complexity index is 297. The van der Waals surface area contributed by atoms with Crippen LogP contribution in [0.5, 0.6) is 5.75 Å². The van der Waals surface area contributed by atoms with E-state index in [2.05, 4.69) is 6.58 Å². The van der Waals surface area contributed by atoms with Gasteiger partial charge in [-0.1, -0.05) is 18.7 Å². The molecule has 70 valence electrons. The lowest BCUT2D eigenvalue weighted by Crippen LogP contribution is -1.96. The second-order valence-electron chi connectivity index (χ2n) is 2.52. The number of benzene rings is 1. The molecule has 0 saturated heterocycles. The van der Waals surface area contributed by atoms with Crippen LogP contribution in [0.1, 0.15) is 5.56 Å². The van der Waals surface area contributed by atoms with Crippen LogP contribution in [0, 0.1) is 5.82 Å². The van der Waals surface area contributed by atoms with Crippen molar-refractivity contribution >= 4 is 0 Å². The molecule has 1 rings (SSSR count). The normalized spacial score (nSPS) is 9.69. The van der Waals surface area contributed by atoms with E-state index in [4.69, 9.17) is 9.84 Å². The van der Waals surface area contributed by atoms with E-state index < -0.39 is 5.82 Å². The van der Waals surface area contributed by atoms with Crippen molar-refractivity contribution in [2.24, 2.45) is 0 Å². The zero-order chi connectivity index (χ0) is 9.68. The summed E-state index contributed by atoms with van der Waals surface area (Å²) in [6.07, 6.45) is 1.54. The summed E-state index contributed by atoms with van der Waals surface area (Å²) < 4.78 is 18.1. The topological polar surface area (TPSA) is 29.5 Å². The van der Waals surface area contributed by atoms with Gasteiger partial charge in [0.05, 0.1) is 6.61 Å². The van der Waals surface area contributed by atoms with Gasteiger partial charge >= 0.3 is 0 Å². The standard InChI is InChI=1S/C10H11FO2/c1-2-5-13-10-4-3-8(7-12)6-9(10)11/h2-4,6,12H,1,5,7H2. The van der Waals surface area contributed by atoms with Crippen LogP contribution >= 0.6 is 0 Å². The third kappa shape index (κ3) is 2.56. The van der Waals surface area contributed by atoms with E-state index in [0.29, 0.717) is 5.56 Å². The Morgan fingerprint density at radius 2 is 2.31 bits per heavy atom. The summed E-state index contributed by atoms with van der Waals surface area (Å²) in [7, 11) is 0. The minimum absolute atomic E-state index is 0.168. The summed E-state index contributed by atoms with van der Waals surface area (Å²) in [5, 5.41) is 8.71. The summed E-state index contributed by atoms with van der Waals surface area (Å²) >= 11 is 0. The van der Waals surface area contributed by atoms with Gasteiger partial charge < -0.3 is 9.84 Å². The van der Waals surface area contributed by atoms with Gasteiger partial charge in [0.25, 0.3) is 0 Å². The van der Waals surface area contributed by atoms with E-state index in [0.717, 1.165) is 0 Å². The molecule has 1 aromatic carbocycles. The number of aliphatic hydroxyl groups is 1. The SMILES string of the molecule is C=CCOc1ccc(CO)cc1F. The Hall–Kier alpha value is -1.35. The van der Waals surface area contributed by atoms with Crippen LogP contribution < -0.4 is 4.74 Å². The van der Waals surface area contributed by atoms with Crippen molar-refractivity contribution in [3.05, 3.63) is 42.2 Å². The maximum atomic E-state index is 13.1. The van der Waals surface area contributed by atoms with Gasteiger partial charge in [0, 0.05) is 0 Å². The van der Waals surface area contributed by atoms with E-state index in [1.807, 2.05) is 0 Å². The summed E-state index contributed by atoms with van der Waals surface area (Å²) in [6.45, 7) is 3.56. The molecule has 0 aliphatic heterocycles. The van der Waals surface area contributed by atoms with Gasteiger partial charge in [0.15, 0.2) is 11.6 Å². The molecule has 0 heterocycles. The van der Waals surface area contributed by atoms with Crippen LogP contribution in [0.2, 0.25) is 0 Å². The number of hydrogen-bond acceptors (Lipinski definition) is 2. The fourth-order valence-electron chi connectivity index (χ4n) is 0.908. The van der Waals surface area contributed by atoms with Crippen LogP contribution in [-0.4, -0.2) is 11.7 Å². The Kier molecular flexibility index (Phi) is 3.46. The van der Waals surface area contributed by atoms with Gasteiger partial charge in [-0.15, -0.1) is 0 Å². The average Bonchev–Trinajstić information content (AvgIpc) is 2.16. The summed E-state index contributed by atoms with van der Waals surface area (Å²) in [5.74, 6) is -0.287. The third-order valence-electron chi connectivity index (χ3n) is 1.54. The maximum Gasteiger partial charge on any atom is 0.165 e. The molecule has 3 heteroatoms. The molecule has 0 aromatic heterocycles. The maximum absolute atomic E-state index is 13.1. The lowest BCUT2D eigenvalue weighted by Gasteiger charge is -2.05. The quantitative estimate of drug-likeness (QED) is 0.720. The molecule has 13 heavy (non-hydrogen) atoms. The van der Waals surface area contributed by atoms with Crippen molar-refractivity contribution in [1.82, 2.24) is 0 Å². The molecular weight excluding hydrogens is 171 g/mol. The van der Waals surface area contributed by atoms with Crippen LogP contribution in [0.15, 0.2) is 30.9 Å². The van der Waals surface area contributed by atoms with Crippen molar-refractivity contribution in [3.8, 4) is 5.75 Å². The first kappa shape index (κ1) is 9.74. The second-order valence-corrected chi connectivity index (χ2v) is 2.52. The van der Waals surface area contributed by atoms with Crippen LogP contribution in [0.25, 0.3) is 0 Å². The zero-order valence-electron chi connectivity index (χ0n) is 7.16. The fourth-order valence-corrected chi connectivity index (χ4v) is 0.908. The zero-order valence-corrected chi connectivity index (χ0v) is 7.16. The van der Waals surface area contributed by atoms with Gasteiger partial charge in [-0.3, -0.25) is 0 Å². The molecule has 0 aliphatic carbocycles. The van der Waals surface area contributed by atoms with Crippen LogP contribution in [-0.2, 0) is 6.61 Å². The highest BCUT2D eigenvalue weighted by Crippen LogP contribution is 2.18. The highest BCUT2D eigenvalue weighted by atomic mass is 19.1. The number of rotatable bonds is 4. The Labute approximate surface area is 76.3 Å². The molecule has 0 aliphatic rings. The molecule has 0 unspecified atom stereocenters. The molecule has 0 saturated carbocycles. The molecule has 0 spiro atoms. The van der Waals surface area contributed by atoms with E-state index in [1.54, 1.807) is 12.1 Å². The third-order valence-corrected chi connectivity index (χ3v) is 1.54. The lowest BCUT2D eigenvalue weighted by atomic mass is 10.2. The molecule has 0 bridgehead atoms. The first-order valence-electron chi connectivity index (χ1n) is 3.91. The Morgan fingerprint density at radius 3 is 2.85 bits per heavy atom. The largest absolute Gasteiger partial charge is 0.486 e. The number of halogens is 1.